The van der Waals surface area contributed by atoms with E-state index in [9.17, 15) is 0 Å². The van der Waals surface area contributed by atoms with E-state index in [4.69, 9.17) is 0 Å². The second kappa shape index (κ2) is 4.99. The van der Waals surface area contributed by atoms with Gasteiger partial charge in [-0.15, -0.1) is 20.4 Å². The molecule has 0 spiro atoms. The van der Waals surface area contributed by atoms with Gasteiger partial charge in [-0.2, -0.15) is 0 Å². The van der Waals surface area contributed by atoms with E-state index in [1.165, 1.54) is 0 Å². The molecule has 1 N–H and O–H groups in total. The number of rotatable bonds is 4. The molecule has 0 radical (unpaired) electrons. The van der Waals surface area contributed by atoms with E-state index in [-0.39, 0.29) is 0 Å². The van der Waals surface area contributed by atoms with Gasteiger partial charge >= 0.3 is 0 Å². The van der Waals surface area contributed by atoms with Crippen molar-refractivity contribution in [1.82, 2.24) is 29.9 Å². The Bertz CT molecular complexity index is 520. The Morgan fingerprint density at radius 3 is 3.17 bits per heavy atom. The first-order valence-electron chi connectivity index (χ1n) is 6.00. The Balaban J connectivity index is 1.63. The summed E-state index contributed by atoms with van der Waals surface area (Å²) in [6.07, 6.45) is 1.79. The van der Waals surface area contributed by atoms with Crippen molar-refractivity contribution < 1.29 is 0 Å². The lowest BCUT2D eigenvalue weighted by molar-refractivity contribution is 0.208. The number of hydrogen-bond acceptors (Lipinski definition) is 7. The lowest BCUT2D eigenvalue weighted by Gasteiger charge is -2.25. The van der Waals surface area contributed by atoms with Gasteiger partial charge in [0.1, 0.15) is 17.2 Å². The smallest absolute Gasteiger partial charge is 0.205 e. The van der Waals surface area contributed by atoms with Gasteiger partial charge in [-0.05, 0) is 6.92 Å². The highest BCUT2D eigenvalue weighted by Crippen LogP contribution is 2.18. The standard InChI is InChI=1S/C10H15N7S/c1-2-11-10-15-14-9(18-10)6-16-3-4-17-7-12-13-8(17)5-16/h7H,2-6H2,1H3,(H,11,15). The maximum Gasteiger partial charge on any atom is 0.205 e. The van der Waals surface area contributed by atoms with Crippen molar-refractivity contribution in [2.75, 3.05) is 18.4 Å². The van der Waals surface area contributed by atoms with E-state index in [0.29, 0.717) is 0 Å². The minimum Gasteiger partial charge on any atom is -0.360 e. The van der Waals surface area contributed by atoms with Crippen molar-refractivity contribution >= 4 is 16.5 Å². The molecule has 0 bridgehead atoms. The third kappa shape index (κ3) is 2.34. The topological polar surface area (TPSA) is 71.8 Å². The van der Waals surface area contributed by atoms with Crippen LogP contribution in [0.4, 0.5) is 5.13 Å². The fourth-order valence-corrected chi connectivity index (χ4v) is 2.83. The van der Waals surface area contributed by atoms with Crippen molar-refractivity contribution in [2.24, 2.45) is 0 Å². The molecule has 0 unspecified atom stereocenters. The summed E-state index contributed by atoms with van der Waals surface area (Å²) in [5, 5.41) is 21.4. The summed E-state index contributed by atoms with van der Waals surface area (Å²) in [5.41, 5.74) is 0. The molecule has 0 atom stereocenters. The first kappa shape index (κ1) is 11.5. The maximum absolute atomic E-state index is 4.19. The Labute approximate surface area is 109 Å². The highest BCUT2D eigenvalue weighted by atomic mass is 32.1. The number of fused-ring (bicyclic) bond motifs is 1. The monoisotopic (exact) mass is 265 g/mol. The average molecular weight is 265 g/mol. The Morgan fingerprint density at radius 1 is 1.33 bits per heavy atom. The number of hydrogen-bond donors (Lipinski definition) is 1. The van der Waals surface area contributed by atoms with Gasteiger partial charge in [0.25, 0.3) is 0 Å². The van der Waals surface area contributed by atoms with Gasteiger partial charge in [0.15, 0.2) is 0 Å². The predicted molar refractivity (Wildman–Crippen MR) is 68.2 cm³/mol. The summed E-state index contributed by atoms with van der Waals surface area (Å²) in [6.45, 7) is 6.54. The highest BCUT2D eigenvalue weighted by molar-refractivity contribution is 7.15. The summed E-state index contributed by atoms with van der Waals surface area (Å²) in [7, 11) is 0. The van der Waals surface area contributed by atoms with Gasteiger partial charge in [0.05, 0.1) is 13.1 Å². The van der Waals surface area contributed by atoms with Crippen LogP contribution in [0, 0.1) is 0 Å². The first-order chi connectivity index (χ1) is 8.85. The zero-order chi connectivity index (χ0) is 12.4. The number of nitrogens with one attached hydrogen (secondary N) is 1. The number of aromatic nitrogens is 5. The molecule has 0 aromatic carbocycles. The molecular weight excluding hydrogens is 250 g/mol. The van der Waals surface area contributed by atoms with Gasteiger partial charge in [0.2, 0.25) is 5.13 Å². The van der Waals surface area contributed by atoms with E-state index in [0.717, 1.165) is 48.7 Å². The molecule has 8 heteroatoms. The second-order valence-corrected chi connectivity index (χ2v) is 5.24. The molecule has 2 aromatic heterocycles. The van der Waals surface area contributed by atoms with E-state index in [1.54, 1.807) is 17.7 Å². The second-order valence-electron chi connectivity index (χ2n) is 4.18. The van der Waals surface area contributed by atoms with Crippen LogP contribution in [0.5, 0.6) is 0 Å². The Kier molecular flexibility index (Phi) is 3.20. The fraction of sp³-hybridized carbons (Fsp3) is 0.600. The molecule has 1 aliphatic heterocycles. The minimum atomic E-state index is 0.829. The van der Waals surface area contributed by atoms with Crippen LogP contribution < -0.4 is 5.32 Å². The SMILES string of the molecule is CCNc1nnc(CN2CCn3cnnc3C2)s1. The predicted octanol–water partition coefficient (Wildman–Crippen LogP) is 0.577. The molecule has 1 aliphatic rings. The first-order valence-corrected chi connectivity index (χ1v) is 6.82. The molecule has 96 valence electrons. The van der Waals surface area contributed by atoms with Crippen LogP contribution in [0.1, 0.15) is 17.8 Å². The molecule has 0 fully saturated rings. The van der Waals surface area contributed by atoms with Gasteiger partial charge < -0.3 is 9.88 Å². The maximum atomic E-state index is 4.19. The average Bonchev–Trinajstić information content (AvgIpc) is 2.98. The van der Waals surface area contributed by atoms with Gasteiger partial charge in [-0.3, -0.25) is 4.90 Å². The Morgan fingerprint density at radius 2 is 2.28 bits per heavy atom. The van der Waals surface area contributed by atoms with Crippen LogP contribution in [0.2, 0.25) is 0 Å². The molecule has 7 nitrogen and oxygen atoms in total. The molecule has 3 rings (SSSR count). The zero-order valence-electron chi connectivity index (χ0n) is 10.2. The van der Waals surface area contributed by atoms with Gasteiger partial charge in [-0.25, -0.2) is 0 Å². The lowest BCUT2D eigenvalue weighted by Crippen LogP contribution is -2.33. The van der Waals surface area contributed by atoms with Crippen molar-refractivity contribution in [2.45, 2.75) is 26.6 Å². The highest BCUT2D eigenvalue weighted by Gasteiger charge is 2.18. The Hall–Kier alpha value is -1.54. The van der Waals surface area contributed by atoms with Crippen LogP contribution in [0.3, 0.4) is 0 Å². The third-order valence-electron chi connectivity index (χ3n) is 2.87. The minimum absolute atomic E-state index is 0.829. The van der Waals surface area contributed by atoms with Crippen molar-refractivity contribution in [3.8, 4) is 0 Å². The molecule has 18 heavy (non-hydrogen) atoms. The molecule has 0 amide bonds. The molecule has 0 saturated carbocycles. The largest absolute Gasteiger partial charge is 0.360 e. The molecule has 2 aromatic rings. The molecular formula is C10H15N7S. The van der Waals surface area contributed by atoms with Crippen molar-refractivity contribution in [3.63, 3.8) is 0 Å². The lowest BCUT2D eigenvalue weighted by atomic mass is 10.3. The number of anilines is 1. The van der Waals surface area contributed by atoms with E-state index in [1.807, 2.05) is 0 Å². The van der Waals surface area contributed by atoms with E-state index < -0.39 is 0 Å². The van der Waals surface area contributed by atoms with Gasteiger partial charge in [0, 0.05) is 19.6 Å². The summed E-state index contributed by atoms with van der Waals surface area (Å²) < 4.78 is 2.10. The zero-order valence-corrected chi connectivity index (χ0v) is 11.0. The van der Waals surface area contributed by atoms with E-state index >= 15 is 0 Å². The van der Waals surface area contributed by atoms with Crippen molar-refractivity contribution in [3.05, 3.63) is 17.2 Å². The quantitative estimate of drug-likeness (QED) is 0.871. The third-order valence-corrected chi connectivity index (χ3v) is 3.74. The van der Waals surface area contributed by atoms with Crippen molar-refractivity contribution in [1.29, 1.82) is 0 Å². The summed E-state index contributed by atoms with van der Waals surface area (Å²) in [5.74, 6) is 1.03. The van der Waals surface area contributed by atoms with Gasteiger partial charge in [-0.1, -0.05) is 11.3 Å². The normalized spacial score (nSPS) is 15.6. The van der Waals surface area contributed by atoms with Crippen LogP contribution >= 0.6 is 11.3 Å². The fourth-order valence-electron chi connectivity index (χ4n) is 1.98. The van der Waals surface area contributed by atoms with Crippen LogP contribution in [0.15, 0.2) is 6.33 Å². The molecule has 0 aliphatic carbocycles. The van der Waals surface area contributed by atoms with Crippen LogP contribution in [-0.4, -0.2) is 43.0 Å². The van der Waals surface area contributed by atoms with E-state index in [2.05, 4.69) is 42.1 Å². The summed E-state index contributed by atoms with van der Waals surface area (Å²) in [4.78, 5) is 2.32. The summed E-state index contributed by atoms with van der Waals surface area (Å²) in [6, 6.07) is 0. The molecule has 0 saturated heterocycles. The molecule has 3 heterocycles. The number of nitrogens with zero attached hydrogens (tertiary/aromatic N) is 6. The summed E-state index contributed by atoms with van der Waals surface area (Å²) >= 11 is 1.62. The van der Waals surface area contributed by atoms with Crippen LogP contribution in [-0.2, 0) is 19.6 Å². The van der Waals surface area contributed by atoms with Crippen LogP contribution in [0.25, 0.3) is 0 Å².